The lowest BCUT2D eigenvalue weighted by atomic mass is 9.85. The van der Waals surface area contributed by atoms with E-state index in [9.17, 15) is 13.2 Å². The number of benzene rings is 3. The number of nitrogens with zero attached hydrogens (tertiary/aromatic N) is 6. The minimum absolute atomic E-state index is 0.0177. The van der Waals surface area contributed by atoms with Crippen molar-refractivity contribution in [3.63, 3.8) is 0 Å². The minimum atomic E-state index is -4.11. The Morgan fingerprint density at radius 1 is 0.983 bits per heavy atom. The summed E-state index contributed by atoms with van der Waals surface area (Å²) >= 11 is 0. The zero-order chi connectivity index (χ0) is 40.2. The summed E-state index contributed by atoms with van der Waals surface area (Å²) in [5, 5.41) is 1.60. The third-order valence-corrected chi connectivity index (χ3v) is 14.7. The van der Waals surface area contributed by atoms with Gasteiger partial charge < -0.3 is 15.5 Å². The van der Waals surface area contributed by atoms with E-state index in [2.05, 4.69) is 25.6 Å². The maximum atomic E-state index is 17.9. The highest BCUT2D eigenvalue weighted by Crippen LogP contribution is 2.61. The summed E-state index contributed by atoms with van der Waals surface area (Å²) in [5.41, 5.74) is 9.26. The molecular weight excluding hydrogens is 746 g/mol. The Hall–Kier alpha value is -4.34. The van der Waals surface area contributed by atoms with Crippen molar-refractivity contribution in [1.29, 1.82) is 0 Å². The molecule has 3 saturated heterocycles. The number of aromatic nitrogens is 2. The molecule has 7 nitrogen and oxygen atoms in total. The van der Waals surface area contributed by atoms with E-state index in [4.69, 9.17) is 22.1 Å². The van der Waals surface area contributed by atoms with Crippen LogP contribution in [0, 0.1) is 60.0 Å². The Morgan fingerprint density at radius 2 is 1.71 bits per heavy atom. The molecule has 58 heavy (non-hydrogen) atoms. The second-order valence-corrected chi connectivity index (χ2v) is 18.5. The predicted octanol–water partition coefficient (Wildman–Crippen LogP) is 8.55. The van der Waals surface area contributed by atoms with Gasteiger partial charge in [-0.2, -0.15) is 13.2 Å². The Bertz CT molecular complexity index is 2370. The van der Waals surface area contributed by atoms with Gasteiger partial charge in [0.05, 0.1) is 22.6 Å². The van der Waals surface area contributed by atoms with E-state index in [-0.39, 0.29) is 51.7 Å². The molecule has 1 aromatic heterocycles. The monoisotopic (exact) mass is 795 g/mol. The van der Waals surface area contributed by atoms with Crippen LogP contribution in [0.15, 0.2) is 29.3 Å². The fourth-order valence-electron chi connectivity index (χ4n) is 11.4. The number of rotatable bonds is 10. The quantitative estimate of drug-likeness (QED) is 0.0751. The first-order valence-electron chi connectivity index (χ1n) is 21.1. The molecule has 3 aromatic carbocycles. The predicted molar refractivity (Wildman–Crippen MR) is 219 cm³/mol. The van der Waals surface area contributed by atoms with Crippen LogP contribution in [0.2, 0.25) is 0 Å². The number of aliphatic imine (C=N–C) groups is 1. The summed E-state index contributed by atoms with van der Waals surface area (Å²) in [5.74, 6) is 1.57. The van der Waals surface area contributed by atoms with Crippen LogP contribution < -0.4 is 10.6 Å². The highest BCUT2D eigenvalue weighted by Gasteiger charge is 2.67. The van der Waals surface area contributed by atoms with E-state index in [1.165, 1.54) is 25.3 Å². The Labute approximate surface area is 336 Å². The third-order valence-electron chi connectivity index (χ3n) is 14.7. The normalized spacial score (nSPS) is 26.8. The van der Waals surface area contributed by atoms with Gasteiger partial charge in [0.1, 0.15) is 23.0 Å². The average molecular weight is 796 g/mol. The summed E-state index contributed by atoms with van der Waals surface area (Å²) in [6.07, 6.45) is 12.6. The molecule has 3 aliphatic carbocycles. The molecule has 12 heteroatoms. The first-order valence-corrected chi connectivity index (χ1v) is 21.1. The molecule has 6 aliphatic rings. The number of hydrogen-bond acceptors (Lipinski definition) is 7. The molecule has 0 spiro atoms. The van der Waals surface area contributed by atoms with Crippen LogP contribution in [-0.2, 0) is 6.42 Å². The Kier molecular flexibility index (Phi) is 9.06. The lowest BCUT2D eigenvalue weighted by Gasteiger charge is -2.44. The number of piperazine rings is 1. The SMILES string of the molecule is C#Cc1c(F)ccc2cc(C)cc(-c3c(N)c(C=NC)c4c(N5C6CCC5CN(CC5CCC5)C6)nc(CCC5(CN6CC7C(C6)C7C(F)(F)F)CC5)nc4c3F)c12. The third kappa shape index (κ3) is 6.34. The second kappa shape index (κ2) is 13.9. The second-order valence-electron chi connectivity index (χ2n) is 18.5. The van der Waals surface area contributed by atoms with Crippen molar-refractivity contribution in [3.05, 3.63) is 58.4 Å². The van der Waals surface area contributed by atoms with Crippen molar-refractivity contribution in [3.8, 4) is 23.5 Å². The zero-order valence-corrected chi connectivity index (χ0v) is 33.2. The highest BCUT2D eigenvalue weighted by molar-refractivity contribution is 6.15. The summed E-state index contributed by atoms with van der Waals surface area (Å²) < 4.78 is 73.5. The molecule has 0 amide bonds. The molecule has 6 fully saturated rings. The number of halogens is 5. The van der Waals surface area contributed by atoms with Crippen LogP contribution in [0.5, 0.6) is 0 Å². The highest BCUT2D eigenvalue weighted by atomic mass is 19.4. The van der Waals surface area contributed by atoms with Gasteiger partial charge in [-0.1, -0.05) is 30.5 Å². The van der Waals surface area contributed by atoms with Crippen molar-refractivity contribution in [2.75, 3.05) is 56.9 Å². The van der Waals surface area contributed by atoms with Crippen molar-refractivity contribution in [1.82, 2.24) is 19.8 Å². The van der Waals surface area contributed by atoms with Crippen molar-refractivity contribution >= 4 is 39.4 Å². The number of nitrogens with two attached hydrogens (primary N) is 1. The fourth-order valence-corrected chi connectivity index (χ4v) is 11.4. The Morgan fingerprint density at radius 3 is 2.33 bits per heavy atom. The van der Waals surface area contributed by atoms with E-state index < -0.39 is 23.7 Å². The summed E-state index contributed by atoms with van der Waals surface area (Å²) in [6, 6.07) is 7.07. The first-order chi connectivity index (χ1) is 27.9. The number of alkyl halides is 3. The number of terminal acetylenes is 1. The summed E-state index contributed by atoms with van der Waals surface area (Å²) in [6.45, 7) is 6.59. The van der Waals surface area contributed by atoms with Crippen LogP contribution >= 0.6 is 0 Å². The van der Waals surface area contributed by atoms with E-state index in [1.807, 2.05) is 13.0 Å². The number of fused-ring (bicyclic) bond motifs is 5. The van der Waals surface area contributed by atoms with E-state index in [0.29, 0.717) is 58.4 Å². The van der Waals surface area contributed by atoms with Gasteiger partial charge in [-0.05, 0) is 97.6 Å². The van der Waals surface area contributed by atoms with E-state index >= 15 is 8.78 Å². The van der Waals surface area contributed by atoms with Crippen LogP contribution in [0.25, 0.3) is 32.8 Å². The maximum absolute atomic E-state index is 17.9. The molecule has 2 N–H and O–H groups in total. The molecule has 10 rings (SSSR count). The molecule has 2 bridgehead atoms. The first kappa shape index (κ1) is 37.9. The number of piperidine rings is 1. The van der Waals surface area contributed by atoms with Crippen molar-refractivity contribution in [2.24, 2.45) is 34.1 Å². The Balaban J connectivity index is 1.07. The zero-order valence-electron chi connectivity index (χ0n) is 33.2. The number of anilines is 2. The van der Waals surface area contributed by atoms with E-state index in [1.54, 1.807) is 25.4 Å². The number of aryl methyl sites for hydroxylation is 2. The fraction of sp³-hybridized carbons (Fsp3) is 0.543. The van der Waals surface area contributed by atoms with Crippen LogP contribution in [0.3, 0.4) is 0 Å². The topological polar surface area (TPSA) is 73.9 Å². The van der Waals surface area contributed by atoms with Gasteiger partial charge in [0, 0.05) is 87.5 Å². The standard InChI is InChI=1S/C46H50F5N7/c1-4-30-35(47)11-8-27-16-25(2)17-31(37(27)30)38-41(48)43-39(32(18-53-3)42(38)52)44(58-28-9-10-29(58)21-56(20-28)19-26-6-5-7-26)55-36(54-43)12-13-45(14-15-45)24-57-22-33-34(23-57)40(33)46(49,50)51/h1,8,11,16-18,26,28-29,33-34,40H,5-7,9-10,12-15,19-24,52H2,2-3H3. The lowest BCUT2D eigenvalue weighted by molar-refractivity contribution is -0.157. The van der Waals surface area contributed by atoms with Gasteiger partial charge in [-0.3, -0.25) is 9.89 Å². The maximum Gasteiger partial charge on any atom is 0.392 e. The smallest absolute Gasteiger partial charge is 0.392 e. The molecule has 4 unspecified atom stereocenters. The van der Waals surface area contributed by atoms with Crippen molar-refractivity contribution in [2.45, 2.75) is 83.0 Å². The van der Waals surface area contributed by atoms with Gasteiger partial charge in [-0.15, -0.1) is 6.42 Å². The van der Waals surface area contributed by atoms with Crippen LogP contribution in [0.4, 0.5) is 33.5 Å². The average Bonchev–Trinajstić information content (AvgIpc) is 4.02. The van der Waals surface area contributed by atoms with Gasteiger partial charge in [0.15, 0.2) is 5.82 Å². The molecule has 3 aliphatic heterocycles. The van der Waals surface area contributed by atoms with E-state index in [0.717, 1.165) is 69.8 Å². The van der Waals surface area contributed by atoms with Gasteiger partial charge >= 0.3 is 6.18 Å². The molecule has 304 valence electrons. The molecule has 0 radical (unpaired) electrons. The molecule has 4 heterocycles. The number of nitrogen functional groups attached to an aromatic ring is 1. The van der Waals surface area contributed by atoms with Crippen molar-refractivity contribution < 1.29 is 22.0 Å². The van der Waals surface area contributed by atoms with Gasteiger partial charge in [0.2, 0.25) is 0 Å². The summed E-state index contributed by atoms with van der Waals surface area (Å²) in [7, 11) is 1.65. The number of likely N-dealkylation sites (tertiary alicyclic amines) is 2. The van der Waals surface area contributed by atoms with Gasteiger partial charge in [-0.25, -0.2) is 18.7 Å². The van der Waals surface area contributed by atoms with Crippen LogP contribution in [-0.4, -0.2) is 90.6 Å². The molecule has 3 saturated carbocycles. The molecule has 4 aromatic rings. The summed E-state index contributed by atoms with van der Waals surface area (Å²) in [4.78, 5) is 22.0. The largest absolute Gasteiger partial charge is 0.398 e. The molecular formula is C46H50F5N7. The molecule has 4 atom stereocenters. The van der Waals surface area contributed by atoms with Crippen LogP contribution in [0.1, 0.15) is 73.9 Å². The lowest BCUT2D eigenvalue weighted by Crippen LogP contribution is -2.55. The van der Waals surface area contributed by atoms with Gasteiger partial charge in [0.25, 0.3) is 0 Å². The minimum Gasteiger partial charge on any atom is -0.398 e. The number of hydrogen-bond donors (Lipinski definition) is 1.